The van der Waals surface area contributed by atoms with E-state index in [1.54, 1.807) is 0 Å². The lowest BCUT2D eigenvalue weighted by Crippen LogP contribution is -2.30. The second-order valence-electron chi connectivity index (χ2n) is 4.30. The SMILES string of the molecule is NNc1c(F)cc(C(=O)N2CC(O)C(O)C2)cc1F. The monoisotopic (exact) mass is 273 g/mol. The molecule has 5 N–H and O–H groups in total. The predicted molar refractivity (Wildman–Crippen MR) is 62.1 cm³/mol. The van der Waals surface area contributed by atoms with Crippen molar-refractivity contribution >= 4 is 11.6 Å². The van der Waals surface area contributed by atoms with Crippen LogP contribution in [0.1, 0.15) is 10.4 Å². The number of amides is 1. The van der Waals surface area contributed by atoms with E-state index in [2.05, 4.69) is 0 Å². The maximum Gasteiger partial charge on any atom is 0.254 e. The zero-order valence-corrected chi connectivity index (χ0v) is 9.81. The lowest BCUT2D eigenvalue weighted by Gasteiger charge is -2.16. The fraction of sp³-hybridized carbons (Fsp3) is 0.364. The number of likely N-dealkylation sites (tertiary alicyclic amines) is 1. The molecule has 0 spiro atoms. The van der Waals surface area contributed by atoms with Gasteiger partial charge in [0.05, 0.1) is 12.2 Å². The van der Waals surface area contributed by atoms with Gasteiger partial charge in [-0.3, -0.25) is 10.6 Å². The van der Waals surface area contributed by atoms with Gasteiger partial charge in [0, 0.05) is 18.7 Å². The van der Waals surface area contributed by atoms with Gasteiger partial charge in [-0.1, -0.05) is 0 Å². The van der Waals surface area contributed by atoms with Crippen LogP contribution in [0.4, 0.5) is 14.5 Å². The van der Waals surface area contributed by atoms with Crippen LogP contribution in [0.2, 0.25) is 0 Å². The number of hydrazine groups is 1. The summed E-state index contributed by atoms with van der Waals surface area (Å²) in [6.45, 7) is -0.166. The van der Waals surface area contributed by atoms with Crippen LogP contribution in [0.25, 0.3) is 0 Å². The van der Waals surface area contributed by atoms with Crippen molar-refractivity contribution in [2.24, 2.45) is 5.84 Å². The van der Waals surface area contributed by atoms with Gasteiger partial charge < -0.3 is 20.5 Å². The second-order valence-corrected chi connectivity index (χ2v) is 4.30. The Morgan fingerprint density at radius 2 is 1.74 bits per heavy atom. The maximum absolute atomic E-state index is 13.5. The normalized spacial score (nSPS) is 22.7. The summed E-state index contributed by atoms with van der Waals surface area (Å²) in [6.07, 6.45) is -2.10. The Morgan fingerprint density at radius 3 is 2.16 bits per heavy atom. The van der Waals surface area contributed by atoms with E-state index >= 15 is 0 Å². The van der Waals surface area contributed by atoms with Crippen molar-refractivity contribution in [2.45, 2.75) is 12.2 Å². The third-order valence-corrected chi connectivity index (χ3v) is 2.98. The number of β-amino-alcohol motifs (C(OH)–C–C–N with tert-alkyl or cyclic N) is 2. The fourth-order valence-corrected chi connectivity index (χ4v) is 1.95. The number of carbonyl (C=O) groups is 1. The zero-order valence-electron chi connectivity index (χ0n) is 9.81. The van der Waals surface area contributed by atoms with Crippen LogP contribution in [-0.2, 0) is 0 Å². The van der Waals surface area contributed by atoms with Crippen LogP contribution < -0.4 is 11.3 Å². The van der Waals surface area contributed by atoms with Crippen LogP contribution in [-0.4, -0.2) is 46.3 Å². The molecule has 8 heteroatoms. The van der Waals surface area contributed by atoms with E-state index in [-0.39, 0.29) is 18.7 Å². The minimum absolute atomic E-state index is 0.0832. The number of halogens is 2. The molecular formula is C11H13F2N3O3. The summed E-state index contributed by atoms with van der Waals surface area (Å²) in [5, 5.41) is 18.7. The number of nitrogens with one attached hydrogen (secondary N) is 1. The number of hydrogen-bond donors (Lipinski definition) is 4. The summed E-state index contributed by atoms with van der Waals surface area (Å²) >= 11 is 0. The van der Waals surface area contributed by atoms with E-state index in [0.717, 1.165) is 17.0 Å². The number of nitrogen functional groups attached to an aromatic ring is 1. The first-order valence-electron chi connectivity index (χ1n) is 5.55. The Morgan fingerprint density at radius 1 is 1.26 bits per heavy atom. The minimum Gasteiger partial charge on any atom is -0.388 e. The lowest BCUT2D eigenvalue weighted by atomic mass is 10.1. The van der Waals surface area contributed by atoms with Crippen LogP contribution in [0.3, 0.4) is 0 Å². The van der Waals surface area contributed by atoms with Crippen LogP contribution in [0.15, 0.2) is 12.1 Å². The number of hydrogen-bond acceptors (Lipinski definition) is 5. The molecule has 0 aliphatic carbocycles. The molecule has 104 valence electrons. The summed E-state index contributed by atoms with van der Waals surface area (Å²) in [5.41, 5.74) is 1.12. The molecule has 0 aromatic heterocycles. The van der Waals surface area contributed by atoms with Crippen LogP contribution >= 0.6 is 0 Å². The van der Waals surface area contributed by atoms with Gasteiger partial charge in [-0.05, 0) is 12.1 Å². The maximum atomic E-state index is 13.5. The highest BCUT2D eigenvalue weighted by Crippen LogP contribution is 2.22. The van der Waals surface area contributed by atoms with Gasteiger partial charge >= 0.3 is 0 Å². The average Bonchev–Trinajstić information content (AvgIpc) is 2.68. The number of carbonyl (C=O) groups excluding carboxylic acids is 1. The molecule has 6 nitrogen and oxygen atoms in total. The summed E-state index contributed by atoms with van der Waals surface area (Å²) in [6, 6.07) is 1.69. The van der Waals surface area contributed by atoms with Gasteiger partial charge in [0.1, 0.15) is 5.69 Å². The van der Waals surface area contributed by atoms with Crippen LogP contribution in [0, 0.1) is 11.6 Å². The van der Waals surface area contributed by atoms with Crippen molar-refractivity contribution in [2.75, 3.05) is 18.5 Å². The highest BCUT2D eigenvalue weighted by Gasteiger charge is 2.33. The summed E-state index contributed by atoms with van der Waals surface area (Å²) in [5.74, 6) is 2.29. The number of aliphatic hydroxyl groups excluding tert-OH is 2. The molecule has 1 fully saturated rings. The Bertz CT molecular complexity index is 479. The summed E-state index contributed by atoms with van der Waals surface area (Å²) in [7, 11) is 0. The zero-order chi connectivity index (χ0) is 14.2. The van der Waals surface area contributed by atoms with E-state index in [1.165, 1.54) is 0 Å². The molecule has 1 aromatic carbocycles. The smallest absolute Gasteiger partial charge is 0.254 e. The second kappa shape index (κ2) is 5.08. The van der Waals surface area contributed by atoms with E-state index in [0.29, 0.717) is 0 Å². The minimum atomic E-state index is -1.05. The quantitative estimate of drug-likeness (QED) is 0.427. The van der Waals surface area contributed by atoms with Gasteiger partial charge in [0.25, 0.3) is 5.91 Å². The molecule has 2 atom stereocenters. The van der Waals surface area contributed by atoms with E-state index in [4.69, 9.17) is 5.84 Å². The molecule has 2 unspecified atom stereocenters. The van der Waals surface area contributed by atoms with Crippen molar-refractivity contribution in [1.82, 2.24) is 4.90 Å². The molecule has 19 heavy (non-hydrogen) atoms. The number of aliphatic hydroxyl groups is 2. The van der Waals surface area contributed by atoms with Crippen LogP contribution in [0.5, 0.6) is 0 Å². The standard InChI is InChI=1S/C11H13F2N3O3/c12-6-1-5(2-7(13)10(6)15-14)11(19)16-3-8(17)9(18)4-16/h1-2,8-9,15,17-18H,3-4,14H2. The molecule has 2 rings (SSSR count). The van der Waals surface area contributed by atoms with Gasteiger partial charge in [-0.15, -0.1) is 0 Å². The molecular weight excluding hydrogens is 260 g/mol. The average molecular weight is 273 g/mol. The highest BCUT2D eigenvalue weighted by atomic mass is 19.1. The largest absolute Gasteiger partial charge is 0.388 e. The Hall–Kier alpha value is -1.77. The molecule has 1 aliphatic heterocycles. The topological polar surface area (TPSA) is 98.8 Å². The van der Waals surface area contributed by atoms with E-state index < -0.39 is 35.4 Å². The number of rotatable bonds is 2. The highest BCUT2D eigenvalue weighted by molar-refractivity contribution is 5.95. The first-order chi connectivity index (χ1) is 8.93. The van der Waals surface area contributed by atoms with Crippen molar-refractivity contribution in [3.63, 3.8) is 0 Å². The first-order valence-corrected chi connectivity index (χ1v) is 5.55. The van der Waals surface area contributed by atoms with Gasteiger partial charge in [0.15, 0.2) is 11.6 Å². The molecule has 1 aliphatic rings. The van der Waals surface area contributed by atoms with E-state index in [1.807, 2.05) is 5.43 Å². The van der Waals surface area contributed by atoms with Crippen molar-refractivity contribution < 1.29 is 23.8 Å². The fourth-order valence-electron chi connectivity index (χ4n) is 1.95. The Balaban J connectivity index is 2.25. The molecule has 1 aromatic rings. The van der Waals surface area contributed by atoms with Crippen molar-refractivity contribution in [1.29, 1.82) is 0 Å². The lowest BCUT2D eigenvalue weighted by molar-refractivity contribution is 0.0572. The molecule has 0 bridgehead atoms. The molecule has 1 heterocycles. The third kappa shape index (κ3) is 2.50. The van der Waals surface area contributed by atoms with E-state index in [9.17, 15) is 23.8 Å². The molecule has 0 radical (unpaired) electrons. The number of anilines is 1. The Kier molecular flexibility index (Phi) is 3.65. The van der Waals surface area contributed by atoms with Gasteiger partial charge in [-0.2, -0.15) is 0 Å². The Labute approximate surface area is 107 Å². The predicted octanol–water partition coefficient (Wildman–Crippen LogP) is -0.572. The van der Waals surface area contributed by atoms with Crippen molar-refractivity contribution in [3.8, 4) is 0 Å². The van der Waals surface area contributed by atoms with Crippen molar-refractivity contribution in [3.05, 3.63) is 29.3 Å². The summed E-state index contributed by atoms with van der Waals surface area (Å²) < 4.78 is 26.9. The summed E-state index contributed by atoms with van der Waals surface area (Å²) in [4.78, 5) is 13.1. The first kappa shape index (κ1) is 13.7. The third-order valence-electron chi connectivity index (χ3n) is 2.98. The number of benzene rings is 1. The number of nitrogens with zero attached hydrogens (tertiary/aromatic N) is 1. The number of nitrogens with two attached hydrogens (primary N) is 1. The van der Waals surface area contributed by atoms with Gasteiger partial charge in [0.2, 0.25) is 0 Å². The molecule has 0 saturated carbocycles. The molecule has 1 amide bonds. The van der Waals surface area contributed by atoms with Gasteiger partial charge in [-0.25, -0.2) is 8.78 Å². The molecule has 1 saturated heterocycles.